The van der Waals surface area contributed by atoms with Crippen LogP contribution in [0.5, 0.6) is 5.75 Å². The Labute approximate surface area is 117 Å². The van der Waals surface area contributed by atoms with Crippen LogP contribution in [0.25, 0.3) is 0 Å². The quantitative estimate of drug-likeness (QED) is 0.886. The molecule has 1 aromatic carbocycles. The number of hydrogen-bond acceptors (Lipinski definition) is 2. The largest absolute Gasteiger partial charge is 0.496 e. The van der Waals surface area contributed by atoms with E-state index in [1.807, 2.05) is 6.07 Å². The molecule has 0 amide bonds. The van der Waals surface area contributed by atoms with Crippen LogP contribution in [0.1, 0.15) is 44.4 Å². The summed E-state index contributed by atoms with van der Waals surface area (Å²) in [5, 5.41) is 3.57. The molecule has 0 fully saturated rings. The van der Waals surface area contributed by atoms with E-state index in [2.05, 4.69) is 45.1 Å². The summed E-state index contributed by atoms with van der Waals surface area (Å²) < 4.78 is 5.26. The van der Waals surface area contributed by atoms with Crippen LogP contribution in [-0.2, 0) is 18.6 Å². The Bertz CT molecular complexity index is 341. The molecule has 0 heterocycles. The minimum absolute atomic E-state index is 0. The Morgan fingerprint density at radius 1 is 1.29 bits per heavy atom. The summed E-state index contributed by atoms with van der Waals surface area (Å²) in [6.07, 6.45) is 1.15. The van der Waals surface area contributed by atoms with Crippen LogP contribution in [-0.4, -0.2) is 13.2 Å². The van der Waals surface area contributed by atoms with Crippen molar-refractivity contribution in [3.05, 3.63) is 29.3 Å². The van der Waals surface area contributed by atoms with Gasteiger partial charge in [0.2, 0.25) is 0 Å². The minimum atomic E-state index is 0. The molecule has 0 spiro atoms. The van der Waals surface area contributed by atoms with Gasteiger partial charge in [-0.15, -0.1) is 0 Å². The molecule has 2 atom stereocenters. The third kappa shape index (κ3) is 4.75. The van der Waals surface area contributed by atoms with E-state index in [1.54, 1.807) is 7.11 Å². The third-order valence-corrected chi connectivity index (χ3v) is 3.07. The molecule has 0 bridgehead atoms. The van der Waals surface area contributed by atoms with E-state index in [0.717, 1.165) is 12.2 Å². The molecule has 1 aromatic rings. The van der Waals surface area contributed by atoms with Crippen molar-refractivity contribution in [1.82, 2.24) is 5.32 Å². The summed E-state index contributed by atoms with van der Waals surface area (Å²) in [6, 6.07) is 7.31. The third-order valence-electron chi connectivity index (χ3n) is 3.07. The topological polar surface area (TPSA) is 21.3 Å². The van der Waals surface area contributed by atoms with Crippen LogP contribution in [0.3, 0.4) is 0 Å². The van der Waals surface area contributed by atoms with E-state index in [4.69, 9.17) is 4.74 Å². The first-order valence-corrected chi connectivity index (χ1v) is 5.99. The molecule has 3 heteroatoms. The summed E-state index contributed by atoms with van der Waals surface area (Å²) in [5.41, 5.74) is 2.51. The summed E-state index contributed by atoms with van der Waals surface area (Å²) in [4.78, 5) is 0. The summed E-state index contributed by atoms with van der Waals surface area (Å²) in [6.45, 7) is 8.70. The van der Waals surface area contributed by atoms with Gasteiger partial charge in [0.05, 0.1) is 7.11 Å². The van der Waals surface area contributed by atoms with Crippen molar-refractivity contribution < 1.29 is 23.3 Å². The van der Waals surface area contributed by atoms with Gasteiger partial charge in [-0.2, -0.15) is 0 Å². The minimum Gasteiger partial charge on any atom is -0.496 e. The molecule has 2 nitrogen and oxygen atoms in total. The smallest absolute Gasteiger partial charge is 0.121 e. The molecule has 0 aromatic heterocycles. The first-order chi connectivity index (χ1) is 7.58. The van der Waals surface area contributed by atoms with Crippen molar-refractivity contribution in [2.24, 2.45) is 0 Å². The number of ether oxygens (including phenoxy) is 1. The Hall–Kier alpha value is -0.436. The van der Waals surface area contributed by atoms with Gasteiger partial charge in [0.1, 0.15) is 5.75 Å². The van der Waals surface area contributed by atoms with E-state index >= 15 is 0 Å². The van der Waals surface area contributed by atoms with Crippen LogP contribution >= 0.6 is 0 Å². The summed E-state index contributed by atoms with van der Waals surface area (Å²) >= 11 is 0. The number of benzene rings is 1. The van der Waals surface area contributed by atoms with Crippen molar-refractivity contribution in [3.8, 4) is 5.75 Å². The van der Waals surface area contributed by atoms with Gasteiger partial charge in [-0.25, -0.2) is 0 Å². The first kappa shape index (κ1) is 16.6. The number of nitrogens with one attached hydrogen (secondary N) is 1. The molecule has 0 saturated carbocycles. The molecule has 1 radical (unpaired) electrons. The predicted octanol–water partition coefficient (Wildman–Crippen LogP) is 3.45. The zero-order valence-electron chi connectivity index (χ0n) is 11.4. The second-order valence-corrected chi connectivity index (χ2v) is 4.43. The maximum absolute atomic E-state index is 5.26. The van der Waals surface area contributed by atoms with Crippen LogP contribution in [0.4, 0.5) is 0 Å². The number of hydrogen-bond donors (Lipinski definition) is 1. The molecule has 2 unspecified atom stereocenters. The average molecular weight is 272 g/mol. The molecular formula is C14H23NOV. The van der Waals surface area contributed by atoms with Crippen LogP contribution in [0, 0.1) is 6.92 Å². The van der Waals surface area contributed by atoms with Gasteiger partial charge >= 0.3 is 0 Å². The fourth-order valence-electron chi connectivity index (χ4n) is 1.81. The van der Waals surface area contributed by atoms with Crippen molar-refractivity contribution in [2.45, 2.75) is 46.2 Å². The zero-order chi connectivity index (χ0) is 12.1. The standard InChI is InChI=1S/C14H23NO.V/c1-6-11(3)15-12(4)13-7-8-14(16-5)10(2)9-13;/h7-9,11-12,15H,6H2,1-5H3;. The zero-order valence-corrected chi connectivity index (χ0v) is 12.8. The number of aryl methyl sites for hydroxylation is 1. The Morgan fingerprint density at radius 2 is 1.94 bits per heavy atom. The van der Waals surface area contributed by atoms with Gasteiger partial charge in [0, 0.05) is 30.6 Å². The fraction of sp³-hybridized carbons (Fsp3) is 0.571. The maximum atomic E-state index is 5.26. The van der Waals surface area contributed by atoms with E-state index < -0.39 is 0 Å². The van der Waals surface area contributed by atoms with Gasteiger partial charge in [-0.1, -0.05) is 19.1 Å². The number of rotatable bonds is 5. The van der Waals surface area contributed by atoms with Crippen molar-refractivity contribution >= 4 is 0 Å². The van der Waals surface area contributed by atoms with Gasteiger partial charge in [0.15, 0.2) is 0 Å². The molecular weight excluding hydrogens is 249 g/mol. The van der Waals surface area contributed by atoms with Crippen molar-refractivity contribution in [2.75, 3.05) is 7.11 Å². The van der Waals surface area contributed by atoms with Crippen molar-refractivity contribution in [1.29, 1.82) is 0 Å². The second-order valence-electron chi connectivity index (χ2n) is 4.43. The SMILES string of the molecule is CCC(C)NC(C)c1ccc(OC)c(C)c1.[V]. The molecule has 0 aliphatic heterocycles. The monoisotopic (exact) mass is 272 g/mol. The van der Waals surface area contributed by atoms with Gasteiger partial charge in [0.25, 0.3) is 0 Å². The van der Waals surface area contributed by atoms with E-state index in [1.165, 1.54) is 11.1 Å². The van der Waals surface area contributed by atoms with E-state index in [9.17, 15) is 0 Å². The molecule has 0 aliphatic carbocycles. The molecule has 1 rings (SSSR count). The van der Waals surface area contributed by atoms with E-state index in [0.29, 0.717) is 12.1 Å². The average Bonchev–Trinajstić information content (AvgIpc) is 2.28. The Morgan fingerprint density at radius 3 is 2.41 bits per heavy atom. The molecule has 17 heavy (non-hydrogen) atoms. The van der Waals surface area contributed by atoms with Gasteiger partial charge in [-0.3, -0.25) is 0 Å². The van der Waals surface area contributed by atoms with E-state index in [-0.39, 0.29) is 18.6 Å². The van der Waals surface area contributed by atoms with Gasteiger partial charge in [-0.05, 0) is 44.4 Å². The normalized spacial score (nSPS) is 13.7. The Kier molecular flexibility index (Phi) is 7.61. The van der Waals surface area contributed by atoms with Crippen LogP contribution < -0.4 is 10.1 Å². The number of methoxy groups -OCH3 is 1. The predicted molar refractivity (Wildman–Crippen MR) is 69.0 cm³/mol. The maximum Gasteiger partial charge on any atom is 0.121 e. The van der Waals surface area contributed by atoms with Crippen LogP contribution in [0.15, 0.2) is 18.2 Å². The fourth-order valence-corrected chi connectivity index (χ4v) is 1.81. The van der Waals surface area contributed by atoms with Crippen LogP contribution in [0.2, 0.25) is 0 Å². The second kappa shape index (κ2) is 7.81. The first-order valence-electron chi connectivity index (χ1n) is 5.99. The van der Waals surface area contributed by atoms with Gasteiger partial charge < -0.3 is 10.1 Å². The summed E-state index contributed by atoms with van der Waals surface area (Å²) in [5.74, 6) is 0.958. The Balaban J connectivity index is 0.00000256. The van der Waals surface area contributed by atoms with Crippen molar-refractivity contribution in [3.63, 3.8) is 0 Å². The molecule has 1 N–H and O–H groups in total. The molecule has 0 saturated heterocycles. The molecule has 0 aliphatic rings. The summed E-state index contributed by atoms with van der Waals surface area (Å²) in [7, 11) is 1.71. The molecule has 95 valence electrons.